The molecule has 6 heterocycles. The zero-order valence-corrected chi connectivity index (χ0v) is 36.2. The first-order valence-electron chi connectivity index (χ1n) is 21.7. The van der Waals surface area contributed by atoms with Crippen molar-refractivity contribution in [3.8, 4) is 80.2 Å². The molecule has 0 amide bonds. The van der Waals surface area contributed by atoms with E-state index in [4.69, 9.17) is 0 Å². The van der Waals surface area contributed by atoms with Gasteiger partial charge in [0, 0.05) is 105 Å². The van der Waals surface area contributed by atoms with Crippen LogP contribution >= 0.6 is 0 Å². The Labute approximate surface area is 395 Å². The van der Waals surface area contributed by atoms with Crippen LogP contribution in [0.4, 0.5) is 13.2 Å². The summed E-state index contributed by atoms with van der Waals surface area (Å²) in [5, 5.41) is 25.0. The highest BCUT2D eigenvalue weighted by Crippen LogP contribution is 2.48. The summed E-state index contributed by atoms with van der Waals surface area (Å²) >= 11 is 0. The molecule has 0 atom stereocenters. The van der Waals surface area contributed by atoms with Crippen molar-refractivity contribution >= 4 is 43.6 Å². The van der Waals surface area contributed by atoms with Crippen LogP contribution in [0.2, 0.25) is 0 Å². The number of fused-ring (bicyclic) bond motifs is 6. The minimum atomic E-state index is -4.95. The summed E-state index contributed by atoms with van der Waals surface area (Å²) in [5.41, 5.74) is 3.59. The monoisotopic (exact) mass is 914 g/mol. The van der Waals surface area contributed by atoms with Crippen molar-refractivity contribution in [1.82, 2.24) is 49.0 Å². The molecule has 6 aromatic carbocycles. The number of hydrogen-bond acceptors (Lipinski definition) is 10. The highest BCUT2D eigenvalue weighted by Gasteiger charge is 2.37. The minimum Gasteiger partial charge on any atom is -0.308 e. The van der Waals surface area contributed by atoms with Crippen molar-refractivity contribution in [2.45, 2.75) is 6.18 Å². The van der Waals surface area contributed by atoms with E-state index < -0.39 is 11.7 Å². The summed E-state index contributed by atoms with van der Waals surface area (Å²) in [6.45, 7) is 0. The molecule has 0 fully saturated rings. The van der Waals surface area contributed by atoms with Crippen LogP contribution in [-0.4, -0.2) is 49.0 Å². The Kier molecular flexibility index (Phi) is 9.71. The van der Waals surface area contributed by atoms with Crippen molar-refractivity contribution in [2.24, 2.45) is 0 Å². The molecule has 6 aromatic heterocycles. The summed E-state index contributed by atoms with van der Waals surface area (Å²) in [7, 11) is 0. The topological polar surface area (TPSA) is 161 Å². The summed E-state index contributed by atoms with van der Waals surface area (Å²) in [4.78, 5) is 36.2. The zero-order valence-electron chi connectivity index (χ0n) is 36.2. The second kappa shape index (κ2) is 16.4. The van der Waals surface area contributed by atoms with Gasteiger partial charge in [0.05, 0.1) is 62.3 Å². The van der Waals surface area contributed by atoms with Crippen LogP contribution in [0.3, 0.4) is 0 Å². The Morgan fingerprint density at radius 3 is 1.03 bits per heavy atom. The molecule has 0 aliphatic heterocycles. The molecule has 330 valence electrons. The van der Waals surface area contributed by atoms with E-state index in [1.54, 1.807) is 86.0 Å². The Balaban J connectivity index is 1.30. The first kappa shape index (κ1) is 41.4. The molecule has 12 rings (SSSR count). The second-order valence-corrected chi connectivity index (χ2v) is 16.2. The maximum absolute atomic E-state index is 15.9. The van der Waals surface area contributed by atoms with Gasteiger partial charge in [-0.15, -0.1) is 0 Å². The normalized spacial score (nSPS) is 11.6. The molecule has 12 aromatic rings. The predicted molar refractivity (Wildman–Crippen MR) is 259 cm³/mol. The summed E-state index contributed by atoms with van der Waals surface area (Å²) in [5.74, 6) is 1.67. The van der Waals surface area contributed by atoms with Gasteiger partial charge in [-0.05, 0) is 72.8 Å². The maximum atomic E-state index is 15.9. The van der Waals surface area contributed by atoms with Crippen LogP contribution in [-0.2, 0) is 6.18 Å². The summed E-state index contributed by atoms with van der Waals surface area (Å²) in [6, 6.07) is 40.8. The maximum Gasteiger partial charge on any atom is 0.417 e. The fourth-order valence-corrected chi connectivity index (χ4v) is 9.34. The molecule has 0 spiro atoms. The van der Waals surface area contributed by atoms with Crippen molar-refractivity contribution in [1.29, 1.82) is 10.5 Å². The van der Waals surface area contributed by atoms with Crippen molar-refractivity contribution in [3.05, 3.63) is 194 Å². The van der Waals surface area contributed by atoms with E-state index in [0.29, 0.717) is 67.6 Å². The van der Waals surface area contributed by atoms with E-state index in [-0.39, 0.29) is 33.6 Å². The Bertz CT molecular complexity index is 3710. The minimum absolute atomic E-state index is 0.0199. The van der Waals surface area contributed by atoms with E-state index in [9.17, 15) is 10.5 Å². The van der Waals surface area contributed by atoms with E-state index in [1.807, 2.05) is 81.9 Å². The Morgan fingerprint density at radius 2 is 0.729 bits per heavy atom. The molecule has 0 radical (unpaired) electrons. The Hall–Kier alpha value is -9.99. The molecular weight excluding hydrogens is 886 g/mol. The van der Waals surface area contributed by atoms with Crippen molar-refractivity contribution < 1.29 is 13.2 Å². The largest absolute Gasteiger partial charge is 0.417 e. The molecule has 0 aliphatic carbocycles. The van der Waals surface area contributed by atoms with Gasteiger partial charge >= 0.3 is 6.18 Å². The number of nitriles is 2. The van der Waals surface area contributed by atoms with Gasteiger partial charge in [-0.25, -0.2) is 39.9 Å². The van der Waals surface area contributed by atoms with E-state index in [0.717, 1.165) is 27.6 Å². The van der Waals surface area contributed by atoms with Gasteiger partial charge in [0.25, 0.3) is 0 Å². The summed E-state index contributed by atoms with van der Waals surface area (Å²) < 4.78 is 51.4. The van der Waals surface area contributed by atoms with Crippen LogP contribution in [0.15, 0.2) is 177 Å². The van der Waals surface area contributed by atoms with Gasteiger partial charge < -0.3 is 9.13 Å². The first-order valence-corrected chi connectivity index (χ1v) is 21.7. The van der Waals surface area contributed by atoms with Crippen LogP contribution in [0.1, 0.15) is 16.7 Å². The highest BCUT2D eigenvalue weighted by molar-refractivity contribution is 6.14. The van der Waals surface area contributed by atoms with Crippen LogP contribution in [0, 0.1) is 22.7 Å². The van der Waals surface area contributed by atoms with Gasteiger partial charge in [0.2, 0.25) is 0 Å². The average Bonchev–Trinajstić information content (AvgIpc) is 3.92. The molecule has 0 aliphatic rings. The number of halogens is 3. The number of nitrogens with zero attached hydrogens (tertiary/aromatic N) is 12. The quantitative estimate of drug-likeness (QED) is 0.150. The van der Waals surface area contributed by atoms with E-state index in [2.05, 4.69) is 52.0 Å². The number of alkyl halides is 3. The SMILES string of the molecule is N#Cc1cc(-n2c3cc(-c4ncccn4)ccc3c3ccc(-c4ncccn4)cc32)c(-c2c(C#N)cccc2C(F)(F)F)c(-n2c3cc(-c4ncccn4)ccc3c3ccc(-c4ncccn4)cc32)c1. The lowest BCUT2D eigenvalue weighted by Crippen LogP contribution is -2.12. The zero-order chi connectivity index (χ0) is 47.5. The number of rotatable bonds is 7. The fraction of sp³-hybridized carbons (Fsp3) is 0.0182. The molecule has 0 bridgehead atoms. The molecule has 0 saturated carbocycles. The summed E-state index contributed by atoms with van der Waals surface area (Å²) in [6.07, 6.45) is 8.08. The molecule has 70 heavy (non-hydrogen) atoms. The standard InChI is InChI=1S/C55H29F3N12/c56-55(57,58)42-7-1-6-37(31-60)49(42)50-47(69-43-26-33(51-61-16-2-17-62-51)8-12-38(43)39-13-9-34(27-44(39)69)52-63-18-3-19-64-52)24-32(30-59)25-48(50)70-45-28-35(53-65-20-4-21-66-53)10-14-40(45)41-15-11-36(29-46(41)70)54-67-22-5-23-68-54/h1-29H. The predicted octanol–water partition coefficient (Wildman–Crippen LogP) is 12.1. The molecular formula is C55H29F3N12. The molecule has 12 nitrogen and oxygen atoms in total. The third-order valence-corrected chi connectivity index (χ3v) is 12.3. The lowest BCUT2D eigenvalue weighted by Gasteiger charge is -2.24. The van der Waals surface area contributed by atoms with Gasteiger partial charge in [-0.2, -0.15) is 23.7 Å². The number of benzene rings is 6. The van der Waals surface area contributed by atoms with Gasteiger partial charge in [-0.3, -0.25) is 0 Å². The lowest BCUT2D eigenvalue weighted by atomic mass is 9.90. The highest BCUT2D eigenvalue weighted by atomic mass is 19.4. The first-order chi connectivity index (χ1) is 34.3. The molecule has 0 unspecified atom stereocenters. The van der Waals surface area contributed by atoms with Crippen LogP contribution in [0.25, 0.3) is 112 Å². The third kappa shape index (κ3) is 6.84. The molecule has 15 heteroatoms. The van der Waals surface area contributed by atoms with Gasteiger partial charge in [-0.1, -0.05) is 54.6 Å². The van der Waals surface area contributed by atoms with Crippen LogP contribution < -0.4 is 0 Å². The molecule has 0 saturated heterocycles. The third-order valence-electron chi connectivity index (χ3n) is 12.3. The number of hydrogen-bond donors (Lipinski definition) is 0. The molecule has 0 N–H and O–H groups in total. The van der Waals surface area contributed by atoms with Crippen LogP contribution in [0.5, 0.6) is 0 Å². The smallest absolute Gasteiger partial charge is 0.308 e. The van der Waals surface area contributed by atoms with E-state index in [1.165, 1.54) is 12.1 Å². The second-order valence-electron chi connectivity index (χ2n) is 16.2. The Morgan fingerprint density at radius 1 is 0.386 bits per heavy atom. The average molecular weight is 915 g/mol. The van der Waals surface area contributed by atoms with Crippen molar-refractivity contribution in [3.63, 3.8) is 0 Å². The van der Waals surface area contributed by atoms with Crippen molar-refractivity contribution in [2.75, 3.05) is 0 Å². The fourth-order valence-electron chi connectivity index (χ4n) is 9.34. The lowest BCUT2D eigenvalue weighted by molar-refractivity contribution is -0.137. The van der Waals surface area contributed by atoms with E-state index >= 15 is 13.2 Å². The number of aromatic nitrogens is 10. The van der Waals surface area contributed by atoms with Gasteiger partial charge in [0.15, 0.2) is 23.3 Å². The van der Waals surface area contributed by atoms with Gasteiger partial charge in [0.1, 0.15) is 0 Å².